The summed E-state index contributed by atoms with van der Waals surface area (Å²) in [5.74, 6) is -0.799. The molecule has 2 N–H and O–H groups in total. The van der Waals surface area contributed by atoms with Gasteiger partial charge in [0.05, 0.1) is 12.5 Å². The van der Waals surface area contributed by atoms with Crippen molar-refractivity contribution in [3.63, 3.8) is 0 Å². The lowest BCUT2D eigenvalue weighted by Crippen LogP contribution is -2.38. The quantitative estimate of drug-likeness (QED) is 0.757. The Hall–Kier alpha value is -1.29. The number of hydrogen-bond donors (Lipinski definition) is 2. The zero-order valence-electron chi connectivity index (χ0n) is 9.06. The minimum Gasteiger partial charge on any atom is -0.480 e. The molecule has 2 atom stereocenters. The third-order valence-corrected chi connectivity index (χ3v) is 2.37. The first-order chi connectivity index (χ1) is 7.15. The van der Waals surface area contributed by atoms with E-state index in [0.29, 0.717) is 6.42 Å². The van der Waals surface area contributed by atoms with Gasteiger partial charge in [-0.1, -0.05) is 13.3 Å². The first-order valence-electron chi connectivity index (χ1n) is 5.16. The molecular weight excluding hydrogens is 194 g/mol. The molecule has 0 spiro atoms. The summed E-state index contributed by atoms with van der Waals surface area (Å²) in [7, 11) is 0. The van der Waals surface area contributed by atoms with Crippen molar-refractivity contribution < 1.29 is 14.3 Å². The number of nitrogens with one attached hydrogen (secondary N) is 1. The van der Waals surface area contributed by atoms with Gasteiger partial charge in [0.1, 0.15) is 6.04 Å². The molecule has 84 valence electrons. The van der Waals surface area contributed by atoms with Gasteiger partial charge in [0.2, 0.25) is 0 Å². The molecule has 0 saturated carbocycles. The van der Waals surface area contributed by atoms with Gasteiger partial charge in [-0.25, -0.2) is 0 Å². The summed E-state index contributed by atoms with van der Waals surface area (Å²) in [5.41, 5.74) is 0.970. The molecular formula is C11H17NO3. The van der Waals surface area contributed by atoms with E-state index >= 15 is 0 Å². The zero-order valence-corrected chi connectivity index (χ0v) is 9.06. The lowest BCUT2D eigenvalue weighted by molar-refractivity contribution is -0.139. The number of carboxylic acids is 1. The highest BCUT2D eigenvalue weighted by molar-refractivity contribution is 5.73. The van der Waals surface area contributed by atoms with Crippen LogP contribution in [0.4, 0.5) is 0 Å². The lowest BCUT2D eigenvalue weighted by Gasteiger charge is -2.18. The van der Waals surface area contributed by atoms with Crippen LogP contribution in [0, 0.1) is 0 Å². The Balaban J connectivity index is 2.54. The minimum absolute atomic E-state index is 0.00333. The molecule has 2 unspecified atom stereocenters. The van der Waals surface area contributed by atoms with E-state index in [4.69, 9.17) is 9.52 Å². The number of carbonyl (C=O) groups is 1. The summed E-state index contributed by atoms with van der Waals surface area (Å²) < 4.78 is 4.95. The van der Waals surface area contributed by atoms with Gasteiger partial charge in [0.25, 0.3) is 0 Å². The lowest BCUT2D eigenvalue weighted by atomic mass is 10.1. The van der Waals surface area contributed by atoms with Gasteiger partial charge in [-0.2, -0.15) is 0 Å². The normalized spacial score (nSPS) is 14.8. The molecule has 0 bridgehead atoms. The smallest absolute Gasteiger partial charge is 0.320 e. The number of furan rings is 1. The summed E-state index contributed by atoms with van der Waals surface area (Å²) in [6, 6.07) is 1.35. The van der Waals surface area contributed by atoms with E-state index in [2.05, 4.69) is 5.32 Å². The van der Waals surface area contributed by atoms with Crippen LogP contribution in [0.25, 0.3) is 0 Å². The number of aliphatic carboxylic acids is 1. The third-order valence-electron chi connectivity index (χ3n) is 2.37. The molecule has 0 aliphatic heterocycles. The van der Waals surface area contributed by atoms with E-state index in [1.165, 1.54) is 0 Å². The van der Waals surface area contributed by atoms with E-state index in [1.54, 1.807) is 12.5 Å². The second kappa shape index (κ2) is 5.56. The summed E-state index contributed by atoms with van der Waals surface area (Å²) in [5, 5.41) is 12.0. The summed E-state index contributed by atoms with van der Waals surface area (Å²) in [4.78, 5) is 10.9. The Morgan fingerprint density at radius 1 is 1.67 bits per heavy atom. The van der Waals surface area contributed by atoms with Crippen LogP contribution in [-0.4, -0.2) is 17.1 Å². The topological polar surface area (TPSA) is 62.5 Å². The van der Waals surface area contributed by atoms with Crippen LogP contribution in [-0.2, 0) is 4.79 Å². The van der Waals surface area contributed by atoms with Crippen LogP contribution in [0.1, 0.15) is 38.3 Å². The maximum Gasteiger partial charge on any atom is 0.320 e. The average Bonchev–Trinajstić information content (AvgIpc) is 2.69. The molecule has 1 rings (SSSR count). The Morgan fingerprint density at radius 3 is 2.87 bits per heavy atom. The maximum atomic E-state index is 10.9. The van der Waals surface area contributed by atoms with Gasteiger partial charge in [-0.15, -0.1) is 0 Å². The van der Waals surface area contributed by atoms with Crippen molar-refractivity contribution in [1.82, 2.24) is 5.32 Å². The number of hydrogen-bond acceptors (Lipinski definition) is 3. The summed E-state index contributed by atoms with van der Waals surface area (Å²) in [6.45, 7) is 3.90. The minimum atomic E-state index is -0.799. The predicted octanol–water partition coefficient (Wildman–Crippen LogP) is 2.18. The molecule has 15 heavy (non-hydrogen) atoms. The Labute approximate surface area is 89.3 Å². The molecule has 4 nitrogen and oxygen atoms in total. The first kappa shape index (κ1) is 11.8. The highest BCUT2D eigenvalue weighted by Crippen LogP contribution is 2.14. The van der Waals surface area contributed by atoms with Crippen molar-refractivity contribution in [2.75, 3.05) is 0 Å². The molecule has 0 amide bonds. The van der Waals surface area contributed by atoms with E-state index < -0.39 is 12.0 Å². The van der Waals surface area contributed by atoms with E-state index in [9.17, 15) is 4.79 Å². The molecule has 1 heterocycles. The standard InChI is InChI=1S/C11H17NO3/c1-3-4-10(11(13)14)12-8(2)9-5-6-15-7-9/h5-8,10,12H,3-4H2,1-2H3,(H,13,14). The van der Waals surface area contributed by atoms with Gasteiger partial charge in [0, 0.05) is 11.6 Å². The largest absolute Gasteiger partial charge is 0.480 e. The van der Waals surface area contributed by atoms with Crippen LogP contribution in [0.3, 0.4) is 0 Å². The second-order valence-corrected chi connectivity index (χ2v) is 3.62. The van der Waals surface area contributed by atoms with E-state index in [1.807, 2.05) is 19.9 Å². The third kappa shape index (κ3) is 3.40. The Kier molecular flexibility index (Phi) is 4.37. The van der Waals surface area contributed by atoms with Crippen molar-refractivity contribution >= 4 is 5.97 Å². The Bertz CT molecular complexity index is 295. The highest BCUT2D eigenvalue weighted by Gasteiger charge is 2.19. The van der Waals surface area contributed by atoms with Gasteiger partial charge in [-0.05, 0) is 19.4 Å². The van der Waals surface area contributed by atoms with E-state index in [0.717, 1.165) is 12.0 Å². The monoisotopic (exact) mass is 211 g/mol. The molecule has 0 aliphatic carbocycles. The first-order valence-corrected chi connectivity index (χ1v) is 5.16. The average molecular weight is 211 g/mol. The molecule has 0 aromatic carbocycles. The number of carboxylic acid groups (broad SMARTS) is 1. The van der Waals surface area contributed by atoms with Gasteiger partial charge in [-0.3, -0.25) is 10.1 Å². The van der Waals surface area contributed by atoms with Crippen molar-refractivity contribution in [3.8, 4) is 0 Å². The molecule has 0 saturated heterocycles. The van der Waals surface area contributed by atoms with Gasteiger partial charge >= 0.3 is 5.97 Å². The van der Waals surface area contributed by atoms with Crippen molar-refractivity contribution in [2.45, 2.75) is 38.8 Å². The molecule has 1 aromatic heterocycles. The van der Waals surface area contributed by atoms with Gasteiger partial charge in [0.15, 0.2) is 0 Å². The SMILES string of the molecule is CCCC(NC(C)c1ccoc1)C(=O)O. The molecule has 4 heteroatoms. The van der Waals surface area contributed by atoms with Crippen LogP contribution < -0.4 is 5.32 Å². The van der Waals surface area contributed by atoms with Crippen LogP contribution in [0.5, 0.6) is 0 Å². The van der Waals surface area contributed by atoms with E-state index in [-0.39, 0.29) is 6.04 Å². The fourth-order valence-electron chi connectivity index (χ4n) is 1.49. The predicted molar refractivity (Wildman–Crippen MR) is 56.6 cm³/mol. The summed E-state index contributed by atoms with van der Waals surface area (Å²) in [6.07, 6.45) is 4.70. The van der Waals surface area contributed by atoms with Crippen LogP contribution in [0.2, 0.25) is 0 Å². The second-order valence-electron chi connectivity index (χ2n) is 3.62. The highest BCUT2D eigenvalue weighted by atomic mass is 16.4. The van der Waals surface area contributed by atoms with Crippen molar-refractivity contribution in [2.24, 2.45) is 0 Å². The van der Waals surface area contributed by atoms with Gasteiger partial charge < -0.3 is 9.52 Å². The molecule has 0 radical (unpaired) electrons. The van der Waals surface area contributed by atoms with Crippen LogP contribution in [0.15, 0.2) is 23.0 Å². The fourth-order valence-corrected chi connectivity index (χ4v) is 1.49. The summed E-state index contributed by atoms with van der Waals surface area (Å²) >= 11 is 0. The zero-order chi connectivity index (χ0) is 11.3. The number of rotatable bonds is 6. The van der Waals surface area contributed by atoms with Crippen LogP contribution >= 0.6 is 0 Å². The molecule has 0 aliphatic rings. The maximum absolute atomic E-state index is 10.9. The molecule has 0 fully saturated rings. The fraction of sp³-hybridized carbons (Fsp3) is 0.545. The molecule has 1 aromatic rings. The van der Waals surface area contributed by atoms with Crippen molar-refractivity contribution in [3.05, 3.63) is 24.2 Å². The Morgan fingerprint density at radius 2 is 2.40 bits per heavy atom. The van der Waals surface area contributed by atoms with Crippen molar-refractivity contribution in [1.29, 1.82) is 0 Å².